The first-order chi connectivity index (χ1) is 9.83. The Bertz CT molecular complexity index is 310. The summed E-state index contributed by atoms with van der Waals surface area (Å²) in [5.41, 5.74) is -0.407. The molecule has 0 unspecified atom stereocenters. The molecule has 4 nitrogen and oxygen atoms in total. The Hall–Kier alpha value is -0.770. The van der Waals surface area contributed by atoms with Gasteiger partial charge in [-0.15, -0.1) is 0 Å². The first-order valence-electron chi connectivity index (χ1n) is 8.49. The van der Waals surface area contributed by atoms with E-state index in [0.29, 0.717) is 5.92 Å². The van der Waals surface area contributed by atoms with Crippen LogP contribution in [0.2, 0.25) is 0 Å². The highest BCUT2D eigenvalue weighted by atomic mass is 16.6. The van der Waals surface area contributed by atoms with Crippen LogP contribution in [-0.4, -0.2) is 40.9 Å². The average Bonchev–Trinajstić information content (AvgIpc) is 2.38. The first-order valence-corrected chi connectivity index (χ1v) is 8.49. The Morgan fingerprint density at radius 2 is 1.67 bits per heavy atom. The molecule has 0 aromatic carbocycles. The van der Waals surface area contributed by atoms with E-state index in [1.165, 1.54) is 6.42 Å². The third kappa shape index (κ3) is 6.25. The molecule has 124 valence electrons. The molecule has 0 spiro atoms. The third-order valence-corrected chi connectivity index (χ3v) is 4.14. The van der Waals surface area contributed by atoms with Gasteiger partial charge in [0.1, 0.15) is 5.60 Å². The van der Waals surface area contributed by atoms with Gasteiger partial charge in [0.2, 0.25) is 0 Å². The highest BCUT2D eigenvalue weighted by molar-refractivity contribution is 5.68. The molecular formula is C17H33NO3. The summed E-state index contributed by atoms with van der Waals surface area (Å²) in [5, 5.41) is 9.30. The Kier molecular flexibility index (Phi) is 6.98. The Balaban J connectivity index is 0.00000106. The summed E-state index contributed by atoms with van der Waals surface area (Å²) in [6.45, 7) is 11.3. The Morgan fingerprint density at radius 1 is 1.14 bits per heavy atom. The predicted octanol–water partition coefficient (Wildman–Crippen LogP) is 3.82. The summed E-state index contributed by atoms with van der Waals surface area (Å²) in [5.74, 6) is 1.43. The summed E-state index contributed by atoms with van der Waals surface area (Å²) < 4.78 is 5.39. The number of aliphatic hydroxyl groups excluding tert-OH is 1. The van der Waals surface area contributed by atoms with Crippen LogP contribution in [-0.2, 0) is 4.74 Å². The molecule has 0 atom stereocenters. The van der Waals surface area contributed by atoms with Crippen molar-refractivity contribution in [3.8, 4) is 0 Å². The number of nitrogens with zero attached hydrogens (tertiary/aromatic N) is 1. The molecule has 0 aromatic heterocycles. The van der Waals surface area contributed by atoms with Gasteiger partial charge in [-0.25, -0.2) is 4.79 Å². The second kappa shape index (κ2) is 8.02. The van der Waals surface area contributed by atoms with Gasteiger partial charge in [-0.3, -0.25) is 0 Å². The van der Waals surface area contributed by atoms with Crippen molar-refractivity contribution in [2.75, 3.05) is 13.1 Å². The lowest BCUT2D eigenvalue weighted by Crippen LogP contribution is -2.42. The fourth-order valence-electron chi connectivity index (χ4n) is 3.04. The number of rotatable bonds is 2. The molecule has 1 saturated carbocycles. The standard InChI is InChI=1S/C15H27NO3.C2H6/c1-15(2,3)19-14(18)16-6-4-11(5-7-16)8-12-9-13(17)10-12;1-2/h11-13,17H,4-10H2,1-3H3;1-2H3. The minimum absolute atomic E-state index is 0.0492. The third-order valence-electron chi connectivity index (χ3n) is 4.14. The number of hydrogen-bond donors (Lipinski definition) is 1. The SMILES string of the molecule is CC.CC(C)(C)OC(=O)N1CCC(CC2CC(O)C2)CC1. The molecule has 2 rings (SSSR count). The summed E-state index contributed by atoms with van der Waals surface area (Å²) in [6, 6.07) is 0. The molecule has 2 aliphatic rings. The maximum Gasteiger partial charge on any atom is 0.410 e. The molecule has 1 amide bonds. The van der Waals surface area contributed by atoms with Gasteiger partial charge in [0.25, 0.3) is 0 Å². The van der Waals surface area contributed by atoms with Crippen molar-refractivity contribution in [1.82, 2.24) is 4.90 Å². The topological polar surface area (TPSA) is 49.8 Å². The number of amides is 1. The lowest BCUT2D eigenvalue weighted by molar-refractivity contribution is 0.00991. The maximum absolute atomic E-state index is 11.9. The highest BCUT2D eigenvalue weighted by Gasteiger charge is 2.32. The van der Waals surface area contributed by atoms with Crippen molar-refractivity contribution in [2.24, 2.45) is 11.8 Å². The minimum Gasteiger partial charge on any atom is -0.444 e. The fourth-order valence-corrected chi connectivity index (χ4v) is 3.04. The van der Waals surface area contributed by atoms with Gasteiger partial charge in [0.15, 0.2) is 0 Å². The molecular weight excluding hydrogens is 266 g/mol. The van der Waals surface area contributed by atoms with Crippen LogP contribution in [0.15, 0.2) is 0 Å². The summed E-state index contributed by atoms with van der Waals surface area (Å²) in [6.07, 6.45) is 5.10. The van der Waals surface area contributed by atoms with E-state index < -0.39 is 5.60 Å². The molecule has 1 aliphatic heterocycles. The van der Waals surface area contributed by atoms with Crippen LogP contribution in [0.25, 0.3) is 0 Å². The zero-order chi connectivity index (χ0) is 16.0. The minimum atomic E-state index is -0.407. The second-order valence-corrected chi connectivity index (χ2v) is 7.14. The zero-order valence-electron chi connectivity index (χ0n) is 14.4. The molecule has 1 aliphatic carbocycles. The van der Waals surface area contributed by atoms with Gasteiger partial charge in [0.05, 0.1) is 6.10 Å². The Morgan fingerprint density at radius 3 is 2.10 bits per heavy atom. The van der Waals surface area contributed by atoms with Gasteiger partial charge >= 0.3 is 6.09 Å². The zero-order valence-corrected chi connectivity index (χ0v) is 14.4. The summed E-state index contributed by atoms with van der Waals surface area (Å²) >= 11 is 0. The molecule has 1 N–H and O–H groups in total. The molecule has 1 saturated heterocycles. The molecule has 0 radical (unpaired) electrons. The largest absolute Gasteiger partial charge is 0.444 e. The highest BCUT2D eigenvalue weighted by Crippen LogP contribution is 2.36. The van der Waals surface area contributed by atoms with E-state index in [1.807, 2.05) is 39.5 Å². The molecule has 1 heterocycles. The van der Waals surface area contributed by atoms with Gasteiger partial charge in [-0.05, 0) is 64.7 Å². The van der Waals surface area contributed by atoms with Crippen molar-refractivity contribution in [3.63, 3.8) is 0 Å². The smallest absolute Gasteiger partial charge is 0.410 e. The van der Waals surface area contributed by atoms with Crippen LogP contribution in [0.5, 0.6) is 0 Å². The summed E-state index contributed by atoms with van der Waals surface area (Å²) in [4.78, 5) is 13.8. The van der Waals surface area contributed by atoms with Crippen molar-refractivity contribution in [1.29, 1.82) is 0 Å². The number of hydrogen-bond acceptors (Lipinski definition) is 3. The number of likely N-dealkylation sites (tertiary alicyclic amines) is 1. The first kappa shape index (κ1) is 18.3. The molecule has 21 heavy (non-hydrogen) atoms. The number of carbonyl (C=O) groups excluding carboxylic acids is 1. The normalized spacial score (nSPS) is 26.5. The predicted molar refractivity (Wildman–Crippen MR) is 85.2 cm³/mol. The lowest BCUT2D eigenvalue weighted by atomic mass is 9.75. The number of piperidine rings is 1. The van der Waals surface area contributed by atoms with E-state index in [1.54, 1.807) is 0 Å². The molecule has 0 aromatic rings. The molecule has 0 bridgehead atoms. The van der Waals surface area contributed by atoms with Gasteiger partial charge in [-0.2, -0.15) is 0 Å². The maximum atomic E-state index is 11.9. The van der Waals surface area contributed by atoms with E-state index in [4.69, 9.17) is 4.74 Å². The van der Waals surface area contributed by atoms with Crippen LogP contribution >= 0.6 is 0 Å². The van der Waals surface area contributed by atoms with Gasteiger partial charge < -0.3 is 14.7 Å². The van der Waals surface area contributed by atoms with Gasteiger partial charge in [-0.1, -0.05) is 13.8 Å². The monoisotopic (exact) mass is 299 g/mol. The number of carbonyl (C=O) groups is 1. The molecule has 4 heteroatoms. The summed E-state index contributed by atoms with van der Waals surface area (Å²) in [7, 11) is 0. The Labute approximate surface area is 129 Å². The van der Waals surface area contributed by atoms with E-state index in [9.17, 15) is 9.90 Å². The van der Waals surface area contributed by atoms with Crippen LogP contribution in [0, 0.1) is 11.8 Å². The van der Waals surface area contributed by atoms with E-state index in [2.05, 4.69) is 0 Å². The lowest BCUT2D eigenvalue weighted by Gasteiger charge is -2.38. The second-order valence-electron chi connectivity index (χ2n) is 7.14. The number of ether oxygens (including phenoxy) is 1. The van der Waals surface area contributed by atoms with E-state index in [0.717, 1.165) is 44.7 Å². The average molecular weight is 299 g/mol. The van der Waals surface area contributed by atoms with E-state index >= 15 is 0 Å². The van der Waals surface area contributed by atoms with Crippen molar-refractivity contribution in [3.05, 3.63) is 0 Å². The number of aliphatic hydroxyl groups is 1. The van der Waals surface area contributed by atoms with Crippen molar-refractivity contribution >= 4 is 6.09 Å². The van der Waals surface area contributed by atoms with Crippen LogP contribution in [0.3, 0.4) is 0 Å². The van der Waals surface area contributed by atoms with Crippen molar-refractivity contribution in [2.45, 2.75) is 78.4 Å². The van der Waals surface area contributed by atoms with Crippen LogP contribution in [0.1, 0.15) is 66.7 Å². The molecule has 2 fully saturated rings. The van der Waals surface area contributed by atoms with Crippen LogP contribution < -0.4 is 0 Å². The quantitative estimate of drug-likeness (QED) is 0.843. The van der Waals surface area contributed by atoms with E-state index in [-0.39, 0.29) is 12.2 Å². The fraction of sp³-hybridized carbons (Fsp3) is 0.941. The van der Waals surface area contributed by atoms with Gasteiger partial charge in [0, 0.05) is 13.1 Å². The van der Waals surface area contributed by atoms with Crippen LogP contribution in [0.4, 0.5) is 4.79 Å². The van der Waals surface area contributed by atoms with Crippen molar-refractivity contribution < 1.29 is 14.6 Å².